The van der Waals surface area contributed by atoms with E-state index < -0.39 is 0 Å². The molecule has 0 N–H and O–H groups in total. The van der Waals surface area contributed by atoms with Crippen molar-refractivity contribution in [3.63, 3.8) is 0 Å². The monoisotopic (exact) mass is 250 g/mol. The Bertz CT molecular complexity index is 152. The van der Waals surface area contributed by atoms with Gasteiger partial charge in [-0.25, -0.2) is 0 Å². The Labute approximate surface area is 104 Å². The molecule has 0 aromatic heterocycles. The Balaban J connectivity index is 0.000000531. The highest BCUT2D eigenvalue weighted by Crippen LogP contribution is 2.40. The van der Waals surface area contributed by atoms with Crippen molar-refractivity contribution in [1.82, 2.24) is 0 Å². The molecule has 0 aliphatic heterocycles. The second-order valence-electron chi connectivity index (χ2n) is 5.80. The summed E-state index contributed by atoms with van der Waals surface area (Å²) in [5, 5.41) is 0. The molecular weight excluding hydrogens is 227 g/mol. The van der Waals surface area contributed by atoms with Gasteiger partial charge in [-0.3, -0.25) is 0 Å². The predicted octanol–water partition coefficient (Wildman–Crippen LogP) is 5.63. The third-order valence-corrected chi connectivity index (χ3v) is 4.27. The van der Waals surface area contributed by atoms with E-state index in [1.165, 1.54) is 38.5 Å². The Morgan fingerprint density at radius 1 is 0.800 bits per heavy atom. The molecule has 0 aromatic rings. The highest BCUT2D eigenvalue weighted by molar-refractivity contribution is 6.85. The minimum atomic E-state index is 1.03. The van der Waals surface area contributed by atoms with Crippen LogP contribution >= 0.6 is 21.7 Å². The lowest BCUT2D eigenvalue weighted by Gasteiger charge is -2.15. The van der Waals surface area contributed by atoms with Gasteiger partial charge >= 0.3 is 0 Å². The van der Waals surface area contributed by atoms with Crippen molar-refractivity contribution in [3.8, 4) is 0 Å². The Kier molecular flexibility index (Phi) is 6.38. The van der Waals surface area contributed by atoms with Crippen molar-refractivity contribution in [1.29, 1.82) is 0 Å². The molecule has 2 aliphatic carbocycles. The van der Waals surface area contributed by atoms with Crippen LogP contribution in [0, 0.1) is 23.7 Å². The van der Waals surface area contributed by atoms with Crippen LogP contribution < -0.4 is 0 Å². The normalized spacial score (nSPS) is 40.0. The Morgan fingerprint density at radius 3 is 1.47 bits per heavy atom. The molecule has 0 saturated heterocycles. The van der Waals surface area contributed by atoms with Crippen molar-refractivity contribution >= 4 is 21.7 Å². The SMILES string of the molecule is CC1CCC(CC2CCC(C)C2)C1.ClCl. The zero-order valence-corrected chi connectivity index (χ0v) is 11.5. The van der Waals surface area contributed by atoms with Gasteiger partial charge in [0.1, 0.15) is 0 Å². The first-order chi connectivity index (χ1) is 7.24. The van der Waals surface area contributed by atoms with Crippen LogP contribution in [0.4, 0.5) is 0 Å². The first-order valence-electron chi connectivity index (χ1n) is 6.38. The molecule has 4 unspecified atom stereocenters. The first-order valence-corrected chi connectivity index (χ1v) is 7.52. The lowest BCUT2D eigenvalue weighted by Crippen LogP contribution is -2.03. The van der Waals surface area contributed by atoms with Gasteiger partial charge in [-0.15, -0.1) is 0 Å². The van der Waals surface area contributed by atoms with Gasteiger partial charge in [-0.05, 0) is 42.9 Å². The van der Waals surface area contributed by atoms with Gasteiger partial charge in [0.05, 0.1) is 0 Å². The number of hydrogen-bond donors (Lipinski definition) is 0. The number of hydrogen-bond acceptors (Lipinski definition) is 0. The fraction of sp³-hybridized carbons (Fsp3) is 1.00. The van der Waals surface area contributed by atoms with Gasteiger partial charge < -0.3 is 0 Å². The summed E-state index contributed by atoms with van der Waals surface area (Å²) in [4.78, 5) is 0. The third kappa shape index (κ3) is 4.53. The Hall–Kier alpha value is 0.580. The molecule has 2 saturated carbocycles. The molecule has 2 fully saturated rings. The largest absolute Gasteiger partial charge is 0.0625 e. The second-order valence-corrected chi connectivity index (χ2v) is 5.80. The molecule has 0 radical (unpaired) electrons. The third-order valence-electron chi connectivity index (χ3n) is 4.27. The summed E-state index contributed by atoms with van der Waals surface area (Å²) in [6.07, 6.45) is 10.7. The summed E-state index contributed by atoms with van der Waals surface area (Å²) in [6.45, 7) is 4.86. The van der Waals surface area contributed by atoms with Crippen LogP contribution in [-0.2, 0) is 0 Å². The molecule has 0 amide bonds. The van der Waals surface area contributed by atoms with E-state index in [1.807, 2.05) is 0 Å². The molecule has 90 valence electrons. The van der Waals surface area contributed by atoms with Crippen molar-refractivity contribution in [2.24, 2.45) is 23.7 Å². The fourth-order valence-electron chi connectivity index (χ4n) is 3.55. The van der Waals surface area contributed by atoms with Gasteiger partial charge in [0.2, 0.25) is 0 Å². The molecule has 0 spiro atoms. The van der Waals surface area contributed by atoms with E-state index in [0.717, 1.165) is 23.7 Å². The van der Waals surface area contributed by atoms with E-state index in [1.54, 1.807) is 6.42 Å². The molecule has 2 heteroatoms. The average Bonchev–Trinajstić information content (AvgIpc) is 2.80. The standard InChI is InChI=1S/C13H24.Cl2/c1-10-3-5-12(7-10)9-13-6-4-11(2)8-13;1-2/h10-13H,3-9H2,1-2H3;. The molecule has 0 nitrogen and oxygen atoms in total. The van der Waals surface area contributed by atoms with E-state index in [9.17, 15) is 0 Å². The van der Waals surface area contributed by atoms with Crippen LogP contribution in [0.25, 0.3) is 0 Å². The molecule has 15 heavy (non-hydrogen) atoms. The number of rotatable bonds is 2. The highest BCUT2D eigenvalue weighted by atomic mass is 36.5. The van der Waals surface area contributed by atoms with Gasteiger partial charge in [-0.1, -0.05) is 39.5 Å². The van der Waals surface area contributed by atoms with E-state index in [-0.39, 0.29) is 0 Å². The second kappa shape index (κ2) is 7.01. The first kappa shape index (κ1) is 13.6. The molecule has 2 aliphatic rings. The van der Waals surface area contributed by atoms with Gasteiger partial charge in [0.25, 0.3) is 0 Å². The van der Waals surface area contributed by atoms with Gasteiger partial charge in [0.15, 0.2) is 0 Å². The lowest BCUT2D eigenvalue weighted by atomic mass is 9.91. The molecule has 0 heterocycles. The topological polar surface area (TPSA) is 0 Å². The summed E-state index contributed by atoms with van der Waals surface area (Å²) in [5.41, 5.74) is 0. The molecular formula is C13H24Cl2. The summed E-state index contributed by atoms with van der Waals surface area (Å²) in [6, 6.07) is 0. The van der Waals surface area contributed by atoms with E-state index in [2.05, 4.69) is 35.6 Å². The summed E-state index contributed by atoms with van der Waals surface area (Å²) >= 11 is 0. The zero-order chi connectivity index (χ0) is 11.3. The van der Waals surface area contributed by atoms with Crippen molar-refractivity contribution in [2.75, 3.05) is 0 Å². The maximum atomic E-state index is 4.11. The maximum Gasteiger partial charge on any atom is 0 e. The lowest BCUT2D eigenvalue weighted by molar-refractivity contribution is 0.366. The van der Waals surface area contributed by atoms with Crippen LogP contribution in [0.1, 0.15) is 58.8 Å². The minimum Gasteiger partial charge on any atom is -0.0625 e. The molecule has 0 aromatic carbocycles. The van der Waals surface area contributed by atoms with E-state index in [4.69, 9.17) is 0 Å². The quantitative estimate of drug-likeness (QED) is 0.596. The van der Waals surface area contributed by atoms with Crippen molar-refractivity contribution in [3.05, 3.63) is 0 Å². The van der Waals surface area contributed by atoms with Crippen LogP contribution in [0.2, 0.25) is 0 Å². The van der Waals surface area contributed by atoms with Gasteiger partial charge in [-0.2, -0.15) is 0 Å². The average molecular weight is 251 g/mol. The highest BCUT2D eigenvalue weighted by Gasteiger charge is 2.27. The van der Waals surface area contributed by atoms with Crippen LogP contribution in [-0.4, -0.2) is 0 Å². The summed E-state index contributed by atoms with van der Waals surface area (Å²) in [7, 11) is 8.22. The zero-order valence-electron chi connectivity index (χ0n) is 10.0. The van der Waals surface area contributed by atoms with Crippen molar-refractivity contribution < 1.29 is 0 Å². The molecule has 2 rings (SSSR count). The van der Waals surface area contributed by atoms with Crippen molar-refractivity contribution in [2.45, 2.75) is 58.8 Å². The maximum absolute atomic E-state index is 4.11. The van der Waals surface area contributed by atoms with Crippen LogP contribution in [0.3, 0.4) is 0 Å². The summed E-state index contributed by atoms with van der Waals surface area (Å²) < 4.78 is 0. The minimum absolute atomic E-state index is 1.03. The smallest absolute Gasteiger partial charge is 0 e. The van der Waals surface area contributed by atoms with Crippen LogP contribution in [0.5, 0.6) is 0 Å². The fourth-order valence-corrected chi connectivity index (χ4v) is 3.55. The van der Waals surface area contributed by atoms with Gasteiger partial charge in [0, 0.05) is 21.7 Å². The number of halogens is 2. The summed E-state index contributed by atoms with van der Waals surface area (Å²) in [5.74, 6) is 4.27. The Morgan fingerprint density at radius 2 is 1.20 bits per heavy atom. The van der Waals surface area contributed by atoms with Crippen LogP contribution in [0.15, 0.2) is 0 Å². The van der Waals surface area contributed by atoms with E-state index >= 15 is 0 Å². The van der Waals surface area contributed by atoms with E-state index in [0.29, 0.717) is 0 Å². The predicted molar refractivity (Wildman–Crippen MR) is 69.3 cm³/mol. The molecule has 0 bridgehead atoms. The molecule has 4 atom stereocenters.